The molecule has 138 valence electrons. The predicted molar refractivity (Wildman–Crippen MR) is 104 cm³/mol. The number of hydrogen-bond donors (Lipinski definition) is 1. The lowest BCUT2D eigenvalue weighted by Gasteiger charge is -2.14. The molecule has 0 atom stereocenters. The van der Waals surface area contributed by atoms with Crippen LogP contribution in [0.4, 0.5) is 0 Å². The van der Waals surface area contributed by atoms with Gasteiger partial charge in [0.25, 0.3) is 5.91 Å². The van der Waals surface area contributed by atoms with E-state index in [2.05, 4.69) is 34.5 Å². The summed E-state index contributed by atoms with van der Waals surface area (Å²) < 4.78 is 5.15. The third-order valence-electron chi connectivity index (χ3n) is 4.92. The lowest BCUT2D eigenvalue weighted by molar-refractivity contribution is 0.0952. The first-order valence-corrected chi connectivity index (χ1v) is 9.47. The van der Waals surface area contributed by atoms with Crippen LogP contribution in [0.2, 0.25) is 0 Å². The first-order chi connectivity index (χ1) is 12.8. The van der Waals surface area contributed by atoms with E-state index in [0.29, 0.717) is 11.3 Å². The zero-order valence-corrected chi connectivity index (χ0v) is 15.5. The monoisotopic (exact) mass is 352 g/mol. The highest BCUT2D eigenvalue weighted by molar-refractivity contribution is 5.94. The van der Waals surface area contributed by atoms with Crippen LogP contribution >= 0.6 is 0 Å². The van der Waals surface area contributed by atoms with Gasteiger partial charge >= 0.3 is 0 Å². The summed E-state index contributed by atoms with van der Waals surface area (Å²) in [6.07, 6.45) is 4.61. The average molecular weight is 352 g/mol. The maximum absolute atomic E-state index is 12.1. The molecule has 26 heavy (non-hydrogen) atoms. The molecule has 0 unspecified atom stereocenters. The van der Waals surface area contributed by atoms with Crippen molar-refractivity contribution in [3.63, 3.8) is 0 Å². The summed E-state index contributed by atoms with van der Waals surface area (Å²) in [4.78, 5) is 14.6. The number of rotatable bonds is 9. The number of carbonyl (C=O) groups excluding carboxylic acids is 1. The van der Waals surface area contributed by atoms with Gasteiger partial charge in [0.2, 0.25) is 0 Å². The van der Waals surface area contributed by atoms with Gasteiger partial charge in [0, 0.05) is 25.2 Å². The molecule has 0 aromatic heterocycles. The molecule has 2 aromatic rings. The molecule has 1 amide bonds. The van der Waals surface area contributed by atoms with E-state index in [1.54, 1.807) is 13.2 Å². The van der Waals surface area contributed by atoms with Crippen molar-refractivity contribution >= 4 is 5.91 Å². The van der Waals surface area contributed by atoms with Crippen LogP contribution in [-0.4, -0.2) is 31.0 Å². The Hall–Kier alpha value is -2.33. The van der Waals surface area contributed by atoms with Crippen LogP contribution < -0.4 is 10.1 Å². The molecule has 0 radical (unpaired) electrons. The van der Waals surface area contributed by atoms with E-state index >= 15 is 0 Å². The topological polar surface area (TPSA) is 41.6 Å². The molecular formula is C22H28N2O2. The van der Waals surface area contributed by atoms with Crippen LogP contribution in [0.15, 0.2) is 48.5 Å². The van der Waals surface area contributed by atoms with Crippen LogP contribution in [0.1, 0.15) is 47.2 Å². The van der Waals surface area contributed by atoms with Crippen molar-refractivity contribution in [2.75, 3.05) is 20.2 Å². The molecule has 0 saturated heterocycles. The number of carbonyl (C=O) groups is 1. The number of benzene rings is 2. The molecule has 3 rings (SSSR count). The van der Waals surface area contributed by atoms with Crippen molar-refractivity contribution in [3.8, 4) is 5.75 Å². The summed E-state index contributed by atoms with van der Waals surface area (Å²) >= 11 is 0. The molecule has 2 aromatic carbocycles. The van der Waals surface area contributed by atoms with E-state index < -0.39 is 0 Å². The quantitative estimate of drug-likeness (QED) is 0.694. The van der Waals surface area contributed by atoms with E-state index in [0.717, 1.165) is 39.0 Å². The predicted octanol–water partition coefficient (Wildman–Crippen LogP) is 4.00. The Balaban J connectivity index is 1.25. The van der Waals surface area contributed by atoms with Gasteiger partial charge in [0.15, 0.2) is 0 Å². The summed E-state index contributed by atoms with van der Waals surface area (Å²) in [7, 11) is 1.61. The van der Waals surface area contributed by atoms with E-state index in [9.17, 15) is 4.79 Å². The minimum absolute atomic E-state index is 0.0290. The standard InChI is InChI=1S/C22H28N2O2/c1-26-21-12-8-11-18(15-21)22(25)23-13-6-2-3-7-14-24-16-19-9-4-5-10-20(19)17-24/h4-5,8-12,15H,2-3,6-7,13-14,16-17H2,1H3,(H,23,25). The second-order valence-electron chi connectivity index (χ2n) is 6.88. The summed E-state index contributed by atoms with van der Waals surface area (Å²) in [6.45, 7) is 4.07. The lowest BCUT2D eigenvalue weighted by atomic mass is 10.1. The van der Waals surface area contributed by atoms with Gasteiger partial charge in [-0.25, -0.2) is 0 Å². The van der Waals surface area contributed by atoms with Crippen molar-refractivity contribution in [1.82, 2.24) is 10.2 Å². The Morgan fingerprint density at radius 1 is 1.00 bits per heavy atom. The summed E-state index contributed by atoms with van der Waals surface area (Å²) in [5.74, 6) is 0.681. The number of nitrogens with one attached hydrogen (secondary N) is 1. The minimum atomic E-state index is -0.0290. The third-order valence-corrected chi connectivity index (χ3v) is 4.92. The second kappa shape index (κ2) is 9.39. The zero-order chi connectivity index (χ0) is 18.2. The molecule has 0 aliphatic carbocycles. The lowest BCUT2D eigenvalue weighted by Crippen LogP contribution is -2.24. The molecule has 4 nitrogen and oxygen atoms in total. The van der Waals surface area contributed by atoms with Gasteiger partial charge in [-0.3, -0.25) is 9.69 Å². The van der Waals surface area contributed by atoms with E-state index in [1.165, 1.54) is 24.0 Å². The number of methoxy groups -OCH3 is 1. The van der Waals surface area contributed by atoms with Gasteiger partial charge < -0.3 is 10.1 Å². The molecule has 0 bridgehead atoms. The summed E-state index contributed by atoms with van der Waals surface area (Å²) in [6, 6.07) is 16.0. The van der Waals surface area contributed by atoms with E-state index in [1.807, 2.05) is 18.2 Å². The van der Waals surface area contributed by atoms with E-state index in [4.69, 9.17) is 4.74 Å². The van der Waals surface area contributed by atoms with Gasteiger partial charge in [-0.15, -0.1) is 0 Å². The highest BCUT2D eigenvalue weighted by Crippen LogP contribution is 2.22. The molecule has 0 saturated carbocycles. The molecule has 4 heteroatoms. The summed E-state index contributed by atoms with van der Waals surface area (Å²) in [5.41, 5.74) is 3.61. The molecule has 1 N–H and O–H groups in total. The molecule has 0 spiro atoms. The van der Waals surface area contributed by atoms with Gasteiger partial charge in [-0.2, -0.15) is 0 Å². The van der Waals surface area contributed by atoms with Gasteiger partial charge in [0.05, 0.1) is 7.11 Å². The fourth-order valence-electron chi connectivity index (χ4n) is 3.44. The van der Waals surface area contributed by atoms with Crippen molar-refractivity contribution in [3.05, 3.63) is 65.2 Å². The van der Waals surface area contributed by atoms with Gasteiger partial charge in [-0.05, 0) is 48.7 Å². The van der Waals surface area contributed by atoms with Crippen molar-refractivity contribution < 1.29 is 9.53 Å². The van der Waals surface area contributed by atoms with Gasteiger partial charge in [-0.1, -0.05) is 43.2 Å². The molecule has 0 fully saturated rings. The van der Waals surface area contributed by atoms with E-state index in [-0.39, 0.29) is 5.91 Å². The number of fused-ring (bicyclic) bond motifs is 1. The number of amides is 1. The molecule has 1 aliphatic rings. The smallest absolute Gasteiger partial charge is 0.251 e. The number of unbranched alkanes of at least 4 members (excludes halogenated alkanes) is 3. The fourth-order valence-corrected chi connectivity index (χ4v) is 3.44. The third kappa shape index (κ3) is 5.09. The fraction of sp³-hybridized carbons (Fsp3) is 0.409. The highest BCUT2D eigenvalue weighted by atomic mass is 16.5. The molecular weight excluding hydrogens is 324 g/mol. The first-order valence-electron chi connectivity index (χ1n) is 9.47. The van der Waals surface area contributed by atoms with Crippen molar-refractivity contribution in [1.29, 1.82) is 0 Å². The zero-order valence-electron chi connectivity index (χ0n) is 15.5. The maximum Gasteiger partial charge on any atom is 0.251 e. The van der Waals surface area contributed by atoms with Crippen molar-refractivity contribution in [2.45, 2.75) is 38.8 Å². The summed E-state index contributed by atoms with van der Waals surface area (Å²) in [5, 5.41) is 2.99. The maximum atomic E-state index is 12.1. The molecule has 1 heterocycles. The normalized spacial score (nSPS) is 13.4. The Kier molecular flexibility index (Phi) is 6.67. The van der Waals surface area contributed by atoms with Crippen LogP contribution in [0.5, 0.6) is 5.75 Å². The number of nitrogens with zero attached hydrogens (tertiary/aromatic N) is 1. The highest BCUT2D eigenvalue weighted by Gasteiger charge is 2.17. The van der Waals surface area contributed by atoms with Crippen LogP contribution in [-0.2, 0) is 13.1 Å². The Bertz CT molecular complexity index is 705. The van der Waals surface area contributed by atoms with Gasteiger partial charge in [0.1, 0.15) is 5.75 Å². The SMILES string of the molecule is COc1cccc(C(=O)NCCCCCCN2Cc3ccccc3C2)c1. The minimum Gasteiger partial charge on any atom is -0.497 e. The van der Waals surface area contributed by atoms with Crippen molar-refractivity contribution in [2.24, 2.45) is 0 Å². The largest absolute Gasteiger partial charge is 0.497 e. The average Bonchev–Trinajstić information content (AvgIpc) is 3.10. The Morgan fingerprint density at radius 3 is 2.46 bits per heavy atom. The first kappa shape index (κ1) is 18.5. The second-order valence-corrected chi connectivity index (χ2v) is 6.88. The Labute approximate surface area is 156 Å². The number of hydrogen-bond acceptors (Lipinski definition) is 3. The Morgan fingerprint density at radius 2 is 1.73 bits per heavy atom. The van der Waals surface area contributed by atoms with Crippen LogP contribution in [0.25, 0.3) is 0 Å². The molecule has 1 aliphatic heterocycles. The number of ether oxygens (including phenoxy) is 1. The van der Waals surface area contributed by atoms with Crippen LogP contribution in [0, 0.1) is 0 Å². The van der Waals surface area contributed by atoms with Crippen LogP contribution in [0.3, 0.4) is 0 Å².